The van der Waals surface area contributed by atoms with Gasteiger partial charge in [-0.1, -0.05) is 6.08 Å². The van der Waals surface area contributed by atoms with Gasteiger partial charge < -0.3 is 18.9 Å². The number of carbonyl (C=O) groups is 3. The van der Waals surface area contributed by atoms with Crippen molar-refractivity contribution in [3.63, 3.8) is 0 Å². The Morgan fingerprint density at radius 1 is 1.11 bits per heavy atom. The average molecular weight is 418 g/mol. The van der Waals surface area contributed by atoms with E-state index < -0.39 is 36.2 Å². The van der Waals surface area contributed by atoms with Crippen LogP contribution < -0.4 is 0 Å². The summed E-state index contributed by atoms with van der Waals surface area (Å²) in [7, 11) is 0. The normalized spacial score (nSPS) is 14.5. The minimum Gasteiger partial charge on any atom is -0.463 e. The lowest BCUT2D eigenvalue weighted by atomic mass is 10.1. The molecule has 0 rings (SSSR count). The molecule has 0 N–H and O–H groups in total. The molecule has 9 heteroatoms. The van der Waals surface area contributed by atoms with Crippen LogP contribution in [0.3, 0.4) is 0 Å². The van der Waals surface area contributed by atoms with E-state index in [0.717, 1.165) is 17.9 Å². The molecule has 0 aromatic rings. The summed E-state index contributed by atoms with van der Waals surface area (Å²) >= 11 is 1.56. The van der Waals surface area contributed by atoms with Crippen molar-refractivity contribution in [2.45, 2.75) is 58.8 Å². The zero-order valence-electron chi connectivity index (χ0n) is 17.3. The molecule has 0 unspecified atom stereocenters. The van der Waals surface area contributed by atoms with E-state index in [0.29, 0.717) is 6.54 Å². The third-order valence-corrected chi connectivity index (χ3v) is 4.25. The maximum atomic E-state index is 11.5. The number of ether oxygens (including phenoxy) is 4. The maximum Gasteiger partial charge on any atom is 0.303 e. The molecule has 3 atom stereocenters. The van der Waals surface area contributed by atoms with E-state index in [2.05, 4.69) is 11.6 Å². The molecule has 0 spiro atoms. The molecule has 0 aliphatic rings. The number of hydrogen-bond donors (Lipinski definition) is 0. The van der Waals surface area contributed by atoms with E-state index in [1.54, 1.807) is 18.7 Å². The first-order valence-corrected chi connectivity index (χ1v) is 10.2. The van der Waals surface area contributed by atoms with Crippen molar-refractivity contribution in [3.05, 3.63) is 12.7 Å². The summed E-state index contributed by atoms with van der Waals surface area (Å²) in [5.41, 5.74) is 0. The van der Waals surface area contributed by atoms with Gasteiger partial charge in [-0.2, -0.15) is 0 Å². The van der Waals surface area contributed by atoms with Crippen LogP contribution in [0, 0.1) is 0 Å². The first-order valence-electron chi connectivity index (χ1n) is 8.98. The van der Waals surface area contributed by atoms with Crippen LogP contribution in [0.5, 0.6) is 0 Å². The zero-order valence-corrected chi connectivity index (χ0v) is 18.1. The van der Waals surface area contributed by atoms with Crippen molar-refractivity contribution in [3.8, 4) is 0 Å². The second kappa shape index (κ2) is 15.1. The molecule has 0 heterocycles. The van der Waals surface area contributed by atoms with Crippen molar-refractivity contribution in [1.82, 2.24) is 0 Å². The second-order valence-corrected chi connectivity index (χ2v) is 6.79. The Morgan fingerprint density at radius 2 is 1.75 bits per heavy atom. The molecule has 0 saturated carbocycles. The van der Waals surface area contributed by atoms with Gasteiger partial charge in [0, 0.05) is 20.8 Å². The van der Waals surface area contributed by atoms with Crippen LogP contribution in [0.4, 0.5) is 0 Å². The minimum absolute atomic E-state index is 0.144. The van der Waals surface area contributed by atoms with Gasteiger partial charge >= 0.3 is 17.9 Å². The quantitative estimate of drug-likeness (QED) is 0.113. The first kappa shape index (κ1) is 26.1. The first-order chi connectivity index (χ1) is 13.2. The average Bonchev–Trinajstić information content (AvgIpc) is 2.60. The Labute approximate surface area is 171 Å². The summed E-state index contributed by atoms with van der Waals surface area (Å²) in [5.74, 6) is -1.58. The van der Waals surface area contributed by atoms with Crippen molar-refractivity contribution < 1.29 is 33.3 Å². The molecule has 0 aliphatic carbocycles. The van der Waals surface area contributed by atoms with Gasteiger partial charge in [-0.25, -0.2) is 0 Å². The molecular formula is C19H31NO7S. The lowest BCUT2D eigenvalue weighted by molar-refractivity contribution is -0.182. The van der Waals surface area contributed by atoms with Crippen LogP contribution in [0.1, 0.15) is 40.5 Å². The monoisotopic (exact) mass is 417 g/mol. The summed E-state index contributed by atoms with van der Waals surface area (Å²) in [5, 5.41) is 0.977. The van der Waals surface area contributed by atoms with Gasteiger partial charge in [-0.05, 0) is 26.0 Å². The van der Waals surface area contributed by atoms with Crippen LogP contribution in [0.25, 0.3) is 0 Å². The Morgan fingerprint density at radius 3 is 2.25 bits per heavy atom. The highest BCUT2D eigenvalue weighted by molar-refractivity contribution is 8.13. The summed E-state index contributed by atoms with van der Waals surface area (Å²) in [6.45, 7) is 9.50. The SMILES string of the molecule is C=CCC/C(=N/CCO[C@H](COC(C)=O)[C@@H](OC(C)=O)[C@@H](C)OC(C)=O)SC. The predicted molar refractivity (Wildman–Crippen MR) is 108 cm³/mol. The van der Waals surface area contributed by atoms with Gasteiger partial charge in [0.05, 0.1) is 18.2 Å². The highest BCUT2D eigenvalue weighted by atomic mass is 32.2. The molecule has 0 radical (unpaired) electrons. The topological polar surface area (TPSA) is 100 Å². The Hall–Kier alpha value is -1.87. The van der Waals surface area contributed by atoms with E-state index in [1.165, 1.54) is 20.8 Å². The number of aliphatic imine (C=N–C) groups is 1. The van der Waals surface area contributed by atoms with E-state index in [1.807, 2.05) is 12.3 Å². The van der Waals surface area contributed by atoms with Gasteiger partial charge in [0.1, 0.15) is 18.8 Å². The number of esters is 3. The third-order valence-electron chi connectivity index (χ3n) is 3.44. The number of thioether (sulfide) groups is 1. The van der Waals surface area contributed by atoms with Crippen LogP contribution in [-0.4, -0.2) is 67.3 Å². The van der Waals surface area contributed by atoms with Crippen molar-refractivity contribution in [1.29, 1.82) is 0 Å². The molecule has 0 aromatic heterocycles. The third kappa shape index (κ3) is 12.5. The molecule has 0 aromatic carbocycles. The molecule has 0 fully saturated rings. The highest BCUT2D eigenvalue weighted by Gasteiger charge is 2.33. The fourth-order valence-corrected chi connectivity index (χ4v) is 2.82. The minimum atomic E-state index is -0.925. The molecular weight excluding hydrogens is 386 g/mol. The van der Waals surface area contributed by atoms with Crippen LogP contribution in [0.2, 0.25) is 0 Å². The van der Waals surface area contributed by atoms with Crippen LogP contribution in [-0.2, 0) is 33.3 Å². The lowest BCUT2D eigenvalue weighted by Gasteiger charge is -2.30. The van der Waals surface area contributed by atoms with Crippen LogP contribution >= 0.6 is 11.8 Å². The summed E-state index contributed by atoms with van der Waals surface area (Å²) in [6.07, 6.45) is 2.92. The van der Waals surface area contributed by atoms with Gasteiger partial charge in [-0.3, -0.25) is 19.4 Å². The summed E-state index contributed by atoms with van der Waals surface area (Å²) in [6, 6.07) is 0. The fraction of sp³-hybridized carbons (Fsp3) is 0.684. The van der Waals surface area contributed by atoms with Crippen molar-refractivity contribution in [2.24, 2.45) is 4.99 Å². The van der Waals surface area contributed by atoms with Gasteiger partial charge in [0.25, 0.3) is 0 Å². The molecule has 0 saturated heterocycles. The fourth-order valence-electron chi connectivity index (χ4n) is 2.28. The number of allylic oxidation sites excluding steroid dienone is 1. The van der Waals surface area contributed by atoms with Gasteiger partial charge in [-0.15, -0.1) is 18.3 Å². The Kier molecular flexibility index (Phi) is 14.1. The smallest absolute Gasteiger partial charge is 0.303 e. The molecule has 0 amide bonds. The number of rotatable bonds is 13. The maximum absolute atomic E-state index is 11.5. The van der Waals surface area contributed by atoms with E-state index in [-0.39, 0.29) is 13.2 Å². The molecule has 160 valence electrons. The summed E-state index contributed by atoms with van der Waals surface area (Å²) in [4.78, 5) is 38.4. The van der Waals surface area contributed by atoms with E-state index in [9.17, 15) is 14.4 Å². The van der Waals surface area contributed by atoms with Crippen molar-refractivity contribution in [2.75, 3.05) is 26.0 Å². The second-order valence-electron chi connectivity index (χ2n) is 5.91. The summed E-state index contributed by atoms with van der Waals surface area (Å²) < 4.78 is 21.2. The standard InChI is InChI=1S/C19H31NO7S/c1-7-8-9-18(28-6)20-10-11-24-17(12-25-14(3)21)19(27-16(5)23)13(2)26-15(4)22/h7,13,17,19H,1,8-12H2,2-6H3/b20-18-/t13-,17-,19+/m1/s1. The van der Waals surface area contributed by atoms with Gasteiger partial charge in [0.2, 0.25) is 0 Å². The van der Waals surface area contributed by atoms with E-state index in [4.69, 9.17) is 18.9 Å². The van der Waals surface area contributed by atoms with Crippen molar-refractivity contribution >= 4 is 34.7 Å². The molecule has 0 aliphatic heterocycles. The number of nitrogens with zero attached hydrogens (tertiary/aromatic N) is 1. The number of carbonyl (C=O) groups excluding carboxylic acids is 3. The number of hydrogen-bond acceptors (Lipinski definition) is 9. The molecule has 8 nitrogen and oxygen atoms in total. The lowest BCUT2D eigenvalue weighted by Crippen LogP contribution is -2.45. The Bertz CT molecular complexity index is 550. The highest BCUT2D eigenvalue weighted by Crippen LogP contribution is 2.14. The molecule has 28 heavy (non-hydrogen) atoms. The Balaban J connectivity index is 5.09. The van der Waals surface area contributed by atoms with E-state index >= 15 is 0 Å². The van der Waals surface area contributed by atoms with Crippen LogP contribution in [0.15, 0.2) is 17.6 Å². The largest absolute Gasteiger partial charge is 0.463 e. The zero-order chi connectivity index (χ0) is 21.5. The van der Waals surface area contributed by atoms with Gasteiger partial charge in [0.15, 0.2) is 6.10 Å². The molecule has 0 bridgehead atoms. The predicted octanol–water partition coefficient (Wildman–Crippen LogP) is 2.55.